The number of thiophene rings is 1. The molecular weight excluding hydrogens is 562 g/mol. The van der Waals surface area contributed by atoms with Gasteiger partial charge in [0.2, 0.25) is 11.9 Å². The number of benzene rings is 1. The second-order valence-corrected chi connectivity index (χ2v) is 13.5. The summed E-state index contributed by atoms with van der Waals surface area (Å²) in [5.74, 6) is 1.52. The number of aryl methyl sites for hydroxylation is 1. The highest BCUT2D eigenvalue weighted by molar-refractivity contribution is 7.17. The van der Waals surface area contributed by atoms with Crippen molar-refractivity contribution in [1.82, 2.24) is 25.0 Å². The Hall–Kier alpha value is -3.28. The number of nitrogens with one attached hydrogen (secondary N) is 2. The van der Waals surface area contributed by atoms with Gasteiger partial charge in [-0.25, -0.2) is 0 Å². The summed E-state index contributed by atoms with van der Waals surface area (Å²) in [6.07, 6.45) is 8.58. The van der Waals surface area contributed by atoms with Gasteiger partial charge in [-0.3, -0.25) is 19.1 Å². The normalized spacial score (nSPS) is 20.4. The Kier molecular flexibility index (Phi) is 8.45. The Morgan fingerprint density at radius 2 is 1.88 bits per heavy atom. The number of rotatable bonds is 12. The molecule has 3 aliphatic carbocycles. The molecule has 0 unspecified atom stereocenters. The number of anilines is 2. The maximum atomic E-state index is 13.6. The number of hydrogen-bond acceptors (Lipinski definition) is 8. The molecule has 43 heavy (non-hydrogen) atoms. The van der Waals surface area contributed by atoms with E-state index in [2.05, 4.69) is 59.5 Å². The van der Waals surface area contributed by atoms with Gasteiger partial charge < -0.3 is 20.3 Å². The zero-order valence-electron chi connectivity index (χ0n) is 24.7. The Morgan fingerprint density at radius 1 is 1.07 bits per heavy atom. The standard InChI is InChI=1S/C32H41N7O3S/c40-29(24-8-9-24)35-31-28(30(41)33-19-22-6-7-22)26-18-25(10-11-27(26)43-31)39-21-34-36-32(39)38(20-23-4-2-1-3-5-23)13-12-37-14-16-42-17-15-37/h1-5,21-22,24-25H,6-20H2,(H,33,41)(H,35,40)/t25-/m0/s1. The van der Waals surface area contributed by atoms with E-state index in [4.69, 9.17) is 4.74 Å². The van der Waals surface area contributed by atoms with E-state index in [1.54, 1.807) is 11.3 Å². The molecular formula is C32H41N7O3S. The highest BCUT2D eigenvalue weighted by atomic mass is 32.1. The largest absolute Gasteiger partial charge is 0.379 e. The number of ether oxygens (including phenoxy) is 1. The molecule has 1 saturated heterocycles. The van der Waals surface area contributed by atoms with Crippen molar-refractivity contribution in [3.63, 3.8) is 0 Å². The smallest absolute Gasteiger partial charge is 0.254 e. The monoisotopic (exact) mass is 603 g/mol. The molecule has 2 amide bonds. The van der Waals surface area contributed by atoms with Gasteiger partial charge in [-0.2, -0.15) is 0 Å². The van der Waals surface area contributed by atoms with Gasteiger partial charge in [-0.05, 0) is 62.0 Å². The number of hydrogen-bond donors (Lipinski definition) is 2. The summed E-state index contributed by atoms with van der Waals surface area (Å²) in [5, 5.41) is 16.1. The molecule has 3 fully saturated rings. The van der Waals surface area contributed by atoms with Gasteiger partial charge in [-0.1, -0.05) is 30.3 Å². The van der Waals surface area contributed by atoms with E-state index in [0.29, 0.717) is 24.4 Å². The van der Waals surface area contributed by atoms with Crippen LogP contribution in [0, 0.1) is 11.8 Å². The summed E-state index contributed by atoms with van der Waals surface area (Å²) in [6, 6.07) is 10.6. The van der Waals surface area contributed by atoms with Crippen molar-refractivity contribution in [2.24, 2.45) is 11.8 Å². The molecule has 2 N–H and O–H groups in total. The van der Waals surface area contributed by atoms with Crippen LogP contribution in [0.25, 0.3) is 0 Å². The molecule has 2 aromatic heterocycles. The Bertz CT molecular complexity index is 1430. The fraction of sp³-hybridized carbons (Fsp3) is 0.562. The minimum atomic E-state index is -0.0589. The third-order valence-electron chi connectivity index (χ3n) is 9.13. The van der Waals surface area contributed by atoms with E-state index in [1.165, 1.54) is 23.3 Å². The molecule has 2 saturated carbocycles. The van der Waals surface area contributed by atoms with E-state index >= 15 is 0 Å². The predicted octanol–water partition coefficient (Wildman–Crippen LogP) is 3.90. The van der Waals surface area contributed by atoms with E-state index in [1.807, 2.05) is 12.4 Å². The Labute approximate surface area is 256 Å². The molecule has 0 spiro atoms. The molecule has 0 radical (unpaired) electrons. The van der Waals surface area contributed by atoms with Crippen LogP contribution >= 0.6 is 11.3 Å². The number of amides is 2. The summed E-state index contributed by atoms with van der Waals surface area (Å²) < 4.78 is 7.78. The van der Waals surface area contributed by atoms with Crippen molar-refractivity contribution >= 4 is 34.1 Å². The lowest BCUT2D eigenvalue weighted by molar-refractivity contribution is -0.117. The molecule has 1 aromatic carbocycles. The van der Waals surface area contributed by atoms with Crippen LogP contribution in [0.2, 0.25) is 0 Å². The summed E-state index contributed by atoms with van der Waals surface area (Å²) in [6.45, 7) is 6.65. The van der Waals surface area contributed by atoms with Crippen LogP contribution in [0.15, 0.2) is 36.7 Å². The highest BCUT2D eigenvalue weighted by Crippen LogP contribution is 2.43. The van der Waals surface area contributed by atoms with Crippen molar-refractivity contribution in [3.8, 4) is 0 Å². The van der Waals surface area contributed by atoms with Gasteiger partial charge >= 0.3 is 0 Å². The first kappa shape index (κ1) is 28.5. The zero-order valence-corrected chi connectivity index (χ0v) is 25.5. The molecule has 4 aliphatic rings. The van der Waals surface area contributed by atoms with Crippen LogP contribution in [0.3, 0.4) is 0 Å². The van der Waals surface area contributed by atoms with E-state index in [9.17, 15) is 9.59 Å². The second-order valence-electron chi connectivity index (χ2n) is 12.4. The third-order valence-corrected chi connectivity index (χ3v) is 10.3. The number of nitrogens with zero attached hydrogens (tertiary/aromatic N) is 5. The first-order chi connectivity index (χ1) is 21.1. The molecule has 1 aliphatic heterocycles. The van der Waals surface area contributed by atoms with Crippen molar-refractivity contribution < 1.29 is 14.3 Å². The quantitative estimate of drug-likeness (QED) is 0.324. The summed E-state index contributed by atoms with van der Waals surface area (Å²) in [7, 11) is 0. The second kappa shape index (κ2) is 12.8. The number of fused-ring (bicyclic) bond motifs is 1. The van der Waals surface area contributed by atoms with Gasteiger partial charge in [0.15, 0.2) is 0 Å². The molecule has 1 atom stereocenters. The number of morpholine rings is 1. The predicted molar refractivity (Wildman–Crippen MR) is 167 cm³/mol. The van der Waals surface area contributed by atoms with Gasteiger partial charge in [-0.15, -0.1) is 21.5 Å². The first-order valence-corrected chi connectivity index (χ1v) is 16.7. The lowest BCUT2D eigenvalue weighted by Crippen LogP contribution is -2.42. The van der Waals surface area contributed by atoms with Crippen LogP contribution in [-0.2, 0) is 28.9 Å². The number of carbonyl (C=O) groups excluding carboxylic acids is 2. The highest BCUT2D eigenvalue weighted by Gasteiger charge is 2.35. The Morgan fingerprint density at radius 3 is 2.65 bits per heavy atom. The van der Waals surface area contributed by atoms with Crippen molar-refractivity contribution in [3.05, 3.63) is 58.2 Å². The van der Waals surface area contributed by atoms with Crippen LogP contribution in [-0.4, -0.2) is 77.4 Å². The van der Waals surface area contributed by atoms with Crippen molar-refractivity contribution in [1.29, 1.82) is 0 Å². The maximum absolute atomic E-state index is 13.6. The molecule has 3 heterocycles. The topological polar surface area (TPSA) is 105 Å². The van der Waals surface area contributed by atoms with Gasteiger partial charge in [0.25, 0.3) is 5.91 Å². The lowest BCUT2D eigenvalue weighted by Gasteiger charge is -2.32. The van der Waals surface area contributed by atoms with Gasteiger partial charge in [0, 0.05) is 56.1 Å². The van der Waals surface area contributed by atoms with Crippen LogP contribution in [0.4, 0.5) is 10.9 Å². The van der Waals surface area contributed by atoms with Crippen LogP contribution < -0.4 is 15.5 Å². The molecule has 3 aromatic rings. The third kappa shape index (κ3) is 6.78. The van der Waals surface area contributed by atoms with Crippen molar-refractivity contribution in [2.75, 3.05) is 56.2 Å². The Balaban J connectivity index is 1.14. The fourth-order valence-corrected chi connectivity index (χ4v) is 7.44. The van der Waals surface area contributed by atoms with Crippen LogP contribution in [0.5, 0.6) is 0 Å². The van der Waals surface area contributed by atoms with E-state index in [-0.39, 0.29) is 23.8 Å². The first-order valence-electron chi connectivity index (χ1n) is 15.8. The minimum absolute atomic E-state index is 0.0457. The van der Waals surface area contributed by atoms with E-state index in [0.717, 1.165) is 88.1 Å². The molecule has 228 valence electrons. The minimum Gasteiger partial charge on any atom is -0.379 e. The zero-order chi connectivity index (χ0) is 29.2. The van der Waals surface area contributed by atoms with Gasteiger partial charge in [0.05, 0.1) is 18.8 Å². The lowest BCUT2D eigenvalue weighted by atomic mass is 9.91. The molecule has 11 heteroatoms. The summed E-state index contributed by atoms with van der Waals surface area (Å²) in [4.78, 5) is 32.4. The van der Waals surface area contributed by atoms with Crippen LogP contribution in [0.1, 0.15) is 64.5 Å². The number of carbonyl (C=O) groups is 2. The number of aromatic nitrogens is 3. The fourth-order valence-electron chi connectivity index (χ4n) is 6.20. The SMILES string of the molecule is O=C(NCC1CC1)c1c(NC(=O)C2CC2)sc2c1C[C@@H](n1cnnc1N(CCN1CCOCC1)Cc1ccccc1)CC2. The average molecular weight is 604 g/mol. The molecule has 10 nitrogen and oxygen atoms in total. The molecule has 7 rings (SSSR count). The van der Waals surface area contributed by atoms with E-state index < -0.39 is 0 Å². The van der Waals surface area contributed by atoms with Gasteiger partial charge in [0.1, 0.15) is 11.3 Å². The maximum Gasteiger partial charge on any atom is 0.254 e. The summed E-state index contributed by atoms with van der Waals surface area (Å²) in [5.41, 5.74) is 2.97. The summed E-state index contributed by atoms with van der Waals surface area (Å²) >= 11 is 1.59. The molecule has 0 bridgehead atoms. The van der Waals surface area contributed by atoms with Crippen molar-refractivity contribution in [2.45, 2.75) is 57.5 Å². The average Bonchev–Trinajstić information content (AvgIpc) is 3.97.